The fraction of sp³-hybridized carbons (Fsp3) is 0.973. The minimum Gasteiger partial charge on any atom is -0.466 e. The van der Waals surface area contributed by atoms with Gasteiger partial charge in [0.25, 0.3) is 0 Å². The number of ether oxygens (including phenoxy) is 1. The molecule has 0 aromatic rings. The Balaban J connectivity index is 3.33. The number of rotatable bonds is 71. The molecule has 0 saturated carbocycles. The second-order valence-corrected chi connectivity index (χ2v) is 26.0. The van der Waals surface area contributed by atoms with Crippen molar-refractivity contribution in [2.75, 3.05) is 13.2 Å². The predicted octanol–water partition coefficient (Wildman–Crippen LogP) is 24.2. The lowest BCUT2D eigenvalue weighted by atomic mass is 10.0. The number of aliphatic hydroxyl groups excluding tert-OH is 2. The zero-order valence-electron chi connectivity index (χ0n) is 54.9. The Morgan fingerprint density at radius 2 is 0.512 bits per heavy atom. The van der Waals surface area contributed by atoms with Crippen LogP contribution in [0.4, 0.5) is 0 Å². The Hall–Kier alpha value is -1.14. The molecular weight excluding hydrogens is 983 g/mol. The monoisotopic (exact) mass is 1130 g/mol. The van der Waals surface area contributed by atoms with Crippen molar-refractivity contribution in [2.24, 2.45) is 0 Å². The van der Waals surface area contributed by atoms with Crippen molar-refractivity contribution in [2.45, 2.75) is 450 Å². The molecule has 0 spiro atoms. The molecule has 0 aliphatic rings. The van der Waals surface area contributed by atoms with Gasteiger partial charge in [-0.25, -0.2) is 0 Å². The van der Waals surface area contributed by atoms with Crippen LogP contribution in [0, 0.1) is 0 Å². The zero-order valence-corrected chi connectivity index (χ0v) is 54.9. The minimum absolute atomic E-state index is 0.0211. The van der Waals surface area contributed by atoms with Gasteiger partial charge in [-0.05, 0) is 25.7 Å². The van der Waals surface area contributed by atoms with E-state index >= 15 is 0 Å². The number of esters is 1. The van der Waals surface area contributed by atoms with Gasteiger partial charge in [-0.2, -0.15) is 0 Å². The Bertz CT molecular complexity index is 1160. The van der Waals surface area contributed by atoms with Crippen LogP contribution in [0.2, 0.25) is 0 Å². The fourth-order valence-electron chi connectivity index (χ4n) is 12.2. The van der Waals surface area contributed by atoms with Gasteiger partial charge in [-0.1, -0.05) is 399 Å². The molecule has 2 atom stereocenters. The Labute approximate surface area is 502 Å². The van der Waals surface area contributed by atoms with Crippen molar-refractivity contribution in [1.29, 1.82) is 0 Å². The molecule has 0 aliphatic carbocycles. The molecule has 0 heterocycles. The number of hydrogen-bond donors (Lipinski definition) is 3. The summed E-state index contributed by atoms with van der Waals surface area (Å²) in [6.07, 6.45) is 86.0. The van der Waals surface area contributed by atoms with Gasteiger partial charge < -0.3 is 20.3 Å². The first-order valence-electron chi connectivity index (χ1n) is 37.3. The molecule has 0 radical (unpaired) electrons. The molecule has 0 aromatic heterocycles. The first kappa shape index (κ1) is 78.9. The van der Waals surface area contributed by atoms with Gasteiger partial charge in [-0.15, -0.1) is 0 Å². The van der Waals surface area contributed by atoms with Crippen molar-refractivity contribution >= 4 is 11.9 Å². The van der Waals surface area contributed by atoms with Crippen LogP contribution in [0.15, 0.2) is 0 Å². The van der Waals surface area contributed by atoms with Crippen molar-refractivity contribution in [3.8, 4) is 0 Å². The van der Waals surface area contributed by atoms with Crippen LogP contribution in [0.1, 0.15) is 438 Å². The molecule has 2 unspecified atom stereocenters. The summed E-state index contributed by atoms with van der Waals surface area (Å²) < 4.78 is 5.48. The zero-order chi connectivity index (χ0) is 57.8. The van der Waals surface area contributed by atoms with E-state index in [1.807, 2.05) is 0 Å². The molecule has 0 bridgehead atoms. The number of carbonyl (C=O) groups is 2. The molecular formula is C74H147NO5. The third-order valence-corrected chi connectivity index (χ3v) is 17.9. The van der Waals surface area contributed by atoms with E-state index < -0.39 is 12.1 Å². The van der Waals surface area contributed by atoms with Gasteiger partial charge in [0.15, 0.2) is 0 Å². The standard InChI is InChI=1S/C74H147NO5/c1-3-5-7-9-11-13-15-16-17-18-19-20-31-34-37-40-43-47-50-54-58-62-66-72(77)71(70-76)75-73(78)67-63-59-55-51-48-44-41-38-35-32-29-27-25-23-21-22-24-26-28-30-33-36-39-42-45-49-53-57-61-65-69-80-74(79)68-64-60-56-52-46-14-12-10-8-6-4-2/h71-72,76-77H,3-70H2,1-2H3,(H,75,78). The molecule has 0 rings (SSSR count). The minimum atomic E-state index is -0.662. The normalized spacial score (nSPS) is 12.4. The summed E-state index contributed by atoms with van der Waals surface area (Å²) in [6.45, 7) is 5.01. The van der Waals surface area contributed by atoms with E-state index in [-0.39, 0.29) is 18.5 Å². The fourth-order valence-corrected chi connectivity index (χ4v) is 12.2. The van der Waals surface area contributed by atoms with E-state index in [0.717, 1.165) is 38.5 Å². The molecule has 0 aliphatic heterocycles. The van der Waals surface area contributed by atoms with Crippen molar-refractivity contribution in [1.82, 2.24) is 5.32 Å². The highest BCUT2D eigenvalue weighted by Crippen LogP contribution is 2.20. The van der Waals surface area contributed by atoms with Crippen LogP contribution in [0.3, 0.4) is 0 Å². The average molecular weight is 1130 g/mol. The third kappa shape index (κ3) is 66.0. The van der Waals surface area contributed by atoms with Gasteiger partial charge in [0.1, 0.15) is 0 Å². The summed E-state index contributed by atoms with van der Waals surface area (Å²) in [6, 6.07) is -0.538. The smallest absolute Gasteiger partial charge is 0.305 e. The van der Waals surface area contributed by atoms with Crippen molar-refractivity contribution in [3.05, 3.63) is 0 Å². The van der Waals surface area contributed by atoms with Gasteiger partial charge in [0.05, 0.1) is 25.4 Å². The second kappa shape index (κ2) is 70.3. The molecule has 6 nitrogen and oxygen atoms in total. The van der Waals surface area contributed by atoms with E-state index in [0.29, 0.717) is 25.9 Å². The summed E-state index contributed by atoms with van der Waals surface area (Å²) in [7, 11) is 0. The van der Waals surface area contributed by atoms with Crippen LogP contribution in [0.25, 0.3) is 0 Å². The van der Waals surface area contributed by atoms with E-state index in [1.165, 1.54) is 366 Å². The average Bonchev–Trinajstić information content (AvgIpc) is 3.46. The topological polar surface area (TPSA) is 95.9 Å². The van der Waals surface area contributed by atoms with Gasteiger partial charge in [0, 0.05) is 12.8 Å². The van der Waals surface area contributed by atoms with Crippen LogP contribution in [-0.4, -0.2) is 47.4 Å². The summed E-state index contributed by atoms with van der Waals surface area (Å²) in [5, 5.41) is 23.4. The Morgan fingerprint density at radius 3 is 0.762 bits per heavy atom. The van der Waals surface area contributed by atoms with E-state index in [9.17, 15) is 19.8 Å². The van der Waals surface area contributed by atoms with Crippen LogP contribution in [-0.2, 0) is 14.3 Å². The summed E-state index contributed by atoms with van der Waals surface area (Å²) in [4.78, 5) is 24.6. The summed E-state index contributed by atoms with van der Waals surface area (Å²) in [5.41, 5.74) is 0. The number of hydrogen-bond acceptors (Lipinski definition) is 5. The third-order valence-electron chi connectivity index (χ3n) is 17.9. The second-order valence-electron chi connectivity index (χ2n) is 26.0. The SMILES string of the molecule is CCCCCCCCCCCCCCCCCCCCCCCCC(O)C(CO)NC(=O)CCCCCCCCCCCCCCCCCCCCCCCCCCCCCCCCOC(=O)CCCCCCCCCCCCC. The Kier molecular flexibility index (Phi) is 69.3. The molecule has 3 N–H and O–H groups in total. The van der Waals surface area contributed by atoms with Crippen LogP contribution < -0.4 is 5.32 Å². The highest BCUT2D eigenvalue weighted by Gasteiger charge is 2.20. The molecule has 1 amide bonds. The molecule has 80 heavy (non-hydrogen) atoms. The summed E-state index contributed by atoms with van der Waals surface area (Å²) >= 11 is 0. The lowest BCUT2D eigenvalue weighted by molar-refractivity contribution is -0.143. The Morgan fingerprint density at radius 1 is 0.300 bits per heavy atom. The van der Waals surface area contributed by atoms with Crippen molar-refractivity contribution in [3.63, 3.8) is 0 Å². The largest absolute Gasteiger partial charge is 0.466 e. The molecule has 6 heteroatoms. The molecule has 478 valence electrons. The molecule has 0 fully saturated rings. The maximum absolute atomic E-state index is 12.6. The first-order valence-corrected chi connectivity index (χ1v) is 37.3. The number of unbranched alkanes of at least 4 members (excludes halogenated alkanes) is 60. The van der Waals surface area contributed by atoms with Crippen LogP contribution in [0.5, 0.6) is 0 Å². The van der Waals surface area contributed by atoms with Gasteiger partial charge in [0.2, 0.25) is 5.91 Å². The highest BCUT2D eigenvalue weighted by atomic mass is 16.5. The quantitative estimate of drug-likeness (QED) is 0.0417. The molecule has 0 aromatic carbocycles. The van der Waals surface area contributed by atoms with E-state index in [2.05, 4.69) is 19.2 Å². The van der Waals surface area contributed by atoms with E-state index in [4.69, 9.17) is 4.74 Å². The predicted molar refractivity (Wildman–Crippen MR) is 352 cm³/mol. The van der Waals surface area contributed by atoms with Crippen LogP contribution >= 0.6 is 0 Å². The number of amides is 1. The first-order chi connectivity index (χ1) is 39.5. The lowest BCUT2D eigenvalue weighted by Gasteiger charge is -2.22. The molecule has 0 saturated heterocycles. The number of nitrogens with one attached hydrogen (secondary N) is 1. The lowest BCUT2D eigenvalue weighted by Crippen LogP contribution is -2.45. The maximum atomic E-state index is 12.6. The van der Waals surface area contributed by atoms with Gasteiger partial charge >= 0.3 is 5.97 Å². The highest BCUT2D eigenvalue weighted by molar-refractivity contribution is 5.76. The van der Waals surface area contributed by atoms with E-state index in [1.54, 1.807) is 0 Å². The number of carbonyl (C=O) groups excluding carboxylic acids is 2. The van der Waals surface area contributed by atoms with Gasteiger partial charge in [-0.3, -0.25) is 9.59 Å². The summed E-state index contributed by atoms with van der Waals surface area (Å²) in [5.74, 6) is -0.00402. The maximum Gasteiger partial charge on any atom is 0.305 e. The number of aliphatic hydroxyl groups is 2. The van der Waals surface area contributed by atoms with Crippen molar-refractivity contribution < 1.29 is 24.5 Å².